The van der Waals surface area contributed by atoms with E-state index >= 15 is 0 Å². The van der Waals surface area contributed by atoms with Crippen LogP contribution in [0.25, 0.3) is 0 Å². The topological polar surface area (TPSA) is 78.8 Å². The van der Waals surface area contributed by atoms with E-state index in [0.29, 0.717) is 23.7 Å². The summed E-state index contributed by atoms with van der Waals surface area (Å²) in [6.45, 7) is 2.04. The molecule has 20 heavy (non-hydrogen) atoms. The van der Waals surface area contributed by atoms with Crippen molar-refractivity contribution in [2.75, 3.05) is 19.0 Å². The number of rotatable bonds is 8. The van der Waals surface area contributed by atoms with E-state index in [2.05, 4.69) is 5.32 Å². The molecule has 0 saturated heterocycles. The van der Waals surface area contributed by atoms with Gasteiger partial charge in [-0.25, -0.2) is 0 Å². The summed E-state index contributed by atoms with van der Waals surface area (Å²) in [4.78, 5) is 12.3. The third kappa shape index (κ3) is 4.10. The second-order valence-electron chi connectivity index (χ2n) is 5.76. The molecule has 2 aliphatic carbocycles. The molecule has 0 aromatic rings. The van der Waals surface area contributed by atoms with Crippen LogP contribution < -0.4 is 5.32 Å². The van der Waals surface area contributed by atoms with Gasteiger partial charge in [0.1, 0.15) is 5.54 Å². The summed E-state index contributed by atoms with van der Waals surface area (Å²) in [5.41, 5.74) is -0.529. The van der Waals surface area contributed by atoms with Crippen LogP contribution in [0.2, 0.25) is 0 Å². The molecule has 6 heteroatoms. The molecule has 3 unspecified atom stereocenters. The summed E-state index contributed by atoms with van der Waals surface area (Å²) in [6.07, 6.45) is 4.11. The molecule has 0 spiro atoms. The average molecular weight is 303 g/mol. The third-order valence-electron chi connectivity index (χ3n) is 3.93. The minimum atomic E-state index is -0.672. The lowest BCUT2D eigenvalue weighted by atomic mass is 9.97. The van der Waals surface area contributed by atoms with Gasteiger partial charge in [-0.2, -0.15) is 11.8 Å². The molecule has 0 heterocycles. The van der Waals surface area contributed by atoms with Gasteiger partial charge >= 0.3 is 5.97 Å². The fraction of sp³-hybridized carbons (Fsp3) is 0.929. The molecule has 3 atom stereocenters. The largest absolute Gasteiger partial charge is 0.465 e. The molecule has 2 rings (SSSR count). The number of aliphatic hydroxyl groups excluding tert-OH is 2. The van der Waals surface area contributed by atoms with Crippen LogP contribution in [0.3, 0.4) is 0 Å². The van der Waals surface area contributed by atoms with E-state index in [1.54, 1.807) is 11.8 Å². The van der Waals surface area contributed by atoms with E-state index in [1.165, 1.54) is 0 Å². The molecule has 2 saturated carbocycles. The van der Waals surface area contributed by atoms with Gasteiger partial charge in [0.05, 0.1) is 19.3 Å². The first-order valence-corrected chi connectivity index (χ1v) is 8.50. The first-order valence-electron chi connectivity index (χ1n) is 7.45. The number of hydrogen-bond acceptors (Lipinski definition) is 6. The fourth-order valence-corrected chi connectivity index (χ4v) is 3.99. The summed E-state index contributed by atoms with van der Waals surface area (Å²) in [5, 5.41) is 22.1. The molecule has 0 amide bonds. The predicted octanol–water partition coefficient (Wildman–Crippen LogP) is 0.679. The quantitative estimate of drug-likeness (QED) is 0.572. The normalized spacial score (nSPS) is 31.2. The highest BCUT2D eigenvalue weighted by molar-refractivity contribution is 7.99. The summed E-state index contributed by atoms with van der Waals surface area (Å²) in [5.74, 6) is 0.390. The highest BCUT2D eigenvalue weighted by Crippen LogP contribution is 2.40. The lowest BCUT2D eigenvalue weighted by Gasteiger charge is -2.28. The molecule has 0 aromatic heterocycles. The van der Waals surface area contributed by atoms with Crippen molar-refractivity contribution >= 4 is 17.7 Å². The predicted molar refractivity (Wildman–Crippen MR) is 78.7 cm³/mol. The Labute approximate surface area is 124 Å². The van der Waals surface area contributed by atoms with Crippen molar-refractivity contribution in [3.05, 3.63) is 0 Å². The van der Waals surface area contributed by atoms with Gasteiger partial charge in [0, 0.05) is 17.0 Å². The van der Waals surface area contributed by atoms with Crippen LogP contribution in [0.4, 0.5) is 0 Å². The Balaban J connectivity index is 1.90. The third-order valence-corrected chi connectivity index (χ3v) is 5.38. The average Bonchev–Trinajstić information content (AvgIpc) is 3.15. The number of hydrogen-bond donors (Lipinski definition) is 3. The van der Waals surface area contributed by atoms with Crippen LogP contribution in [-0.4, -0.2) is 58.1 Å². The van der Waals surface area contributed by atoms with Crippen LogP contribution in [0.5, 0.6) is 0 Å². The highest BCUT2D eigenvalue weighted by Gasteiger charge is 2.49. The number of carbonyl (C=O) groups excluding carboxylic acids is 1. The molecule has 3 N–H and O–H groups in total. The molecule has 0 bridgehead atoms. The van der Waals surface area contributed by atoms with E-state index in [0.717, 1.165) is 32.1 Å². The number of aliphatic hydroxyl groups is 2. The Bertz CT molecular complexity index is 337. The maximum Gasteiger partial charge on any atom is 0.326 e. The maximum absolute atomic E-state index is 12.3. The Kier molecular flexibility index (Phi) is 5.72. The smallest absolute Gasteiger partial charge is 0.326 e. The summed E-state index contributed by atoms with van der Waals surface area (Å²) < 4.78 is 5.25. The van der Waals surface area contributed by atoms with Crippen LogP contribution >= 0.6 is 11.8 Å². The van der Waals surface area contributed by atoms with Crippen molar-refractivity contribution in [2.24, 2.45) is 0 Å². The zero-order valence-electron chi connectivity index (χ0n) is 12.0. The molecular weight excluding hydrogens is 278 g/mol. The lowest BCUT2D eigenvalue weighted by Crippen LogP contribution is -2.52. The van der Waals surface area contributed by atoms with Crippen LogP contribution in [0.15, 0.2) is 0 Å². The van der Waals surface area contributed by atoms with Crippen molar-refractivity contribution in [1.29, 1.82) is 0 Å². The van der Waals surface area contributed by atoms with Crippen LogP contribution in [0, 0.1) is 0 Å². The van der Waals surface area contributed by atoms with Gasteiger partial charge in [0.25, 0.3) is 0 Å². The van der Waals surface area contributed by atoms with Crippen molar-refractivity contribution < 1.29 is 19.7 Å². The van der Waals surface area contributed by atoms with Crippen LogP contribution in [0.1, 0.15) is 39.0 Å². The molecular formula is C14H25NO4S. The maximum atomic E-state index is 12.3. The van der Waals surface area contributed by atoms with Gasteiger partial charge in [0.2, 0.25) is 0 Å². The summed E-state index contributed by atoms with van der Waals surface area (Å²) >= 11 is 1.64. The lowest BCUT2D eigenvalue weighted by molar-refractivity contribution is -0.151. The number of carbonyl (C=O) groups is 1. The number of nitrogens with one attached hydrogen (secondary N) is 1. The Hall–Kier alpha value is -0.300. The zero-order chi connectivity index (χ0) is 14.6. The Morgan fingerprint density at radius 3 is 2.85 bits per heavy atom. The SMILES string of the molecule is CCOC(=O)C1(NC2CC2)CCC(SCC(O)CO)C1. The first-order chi connectivity index (χ1) is 9.59. The first kappa shape index (κ1) is 16.1. The number of esters is 1. The molecule has 0 aliphatic heterocycles. The van der Waals surface area contributed by atoms with Gasteiger partial charge in [0.15, 0.2) is 0 Å². The van der Waals surface area contributed by atoms with E-state index in [-0.39, 0.29) is 12.6 Å². The molecule has 2 fully saturated rings. The molecule has 0 radical (unpaired) electrons. The Morgan fingerprint density at radius 1 is 1.50 bits per heavy atom. The number of thioether (sulfide) groups is 1. The van der Waals surface area contributed by atoms with Gasteiger partial charge < -0.3 is 14.9 Å². The van der Waals surface area contributed by atoms with Crippen molar-refractivity contribution in [2.45, 2.75) is 62.0 Å². The van der Waals surface area contributed by atoms with Gasteiger partial charge in [-0.15, -0.1) is 0 Å². The second-order valence-corrected chi connectivity index (χ2v) is 7.09. The fourth-order valence-electron chi connectivity index (χ4n) is 2.71. The summed E-state index contributed by atoms with van der Waals surface area (Å²) in [6, 6.07) is 0.464. The van der Waals surface area contributed by atoms with Gasteiger partial charge in [-0.3, -0.25) is 10.1 Å². The number of ether oxygens (including phenoxy) is 1. The van der Waals surface area contributed by atoms with E-state index < -0.39 is 11.6 Å². The minimum Gasteiger partial charge on any atom is -0.465 e. The van der Waals surface area contributed by atoms with E-state index in [1.807, 2.05) is 6.92 Å². The minimum absolute atomic E-state index is 0.127. The highest BCUT2D eigenvalue weighted by atomic mass is 32.2. The van der Waals surface area contributed by atoms with Crippen molar-refractivity contribution in [3.63, 3.8) is 0 Å². The van der Waals surface area contributed by atoms with E-state index in [4.69, 9.17) is 9.84 Å². The molecule has 2 aliphatic rings. The van der Waals surface area contributed by atoms with Gasteiger partial charge in [-0.05, 0) is 39.0 Å². The standard InChI is InChI=1S/C14H25NO4S/c1-2-19-13(18)14(15-10-3-4-10)6-5-12(7-14)20-9-11(17)8-16/h10-12,15-17H,2-9H2,1H3. The van der Waals surface area contributed by atoms with Crippen molar-refractivity contribution in [1.82, 2.24) is 5.32 Å². The van der Waals surface area contributed by atoms with Gasteiger partial charge in [-0.1, -0.05) is 0 Å². The molecule has 5 nitrogen and oxygen atoms in total. The van der Waals surface area contributed by atoms with E-state index in [9.17, 15) is 9.90 Å². The second kappa shape index (κ2) is 7.11. The molecule has 116 valence electrons. The van der Waals surface area contributed by atoms with Crippen molar-refractivity contribution in [3.8, 4) is 0 Å². The summed E-state index contributed by atoms with van der Waals surface area (Å²) in [7, 11) is 0. The Morgan fingerprint density at radius 2 is 2.25 bits per heavy atom. The monoisotopic (exact) mass is 303 g/mol. The van der Waals surface area contributed by atoms with Crippen LogP contribution in [-0.2, 0) is 9.53 Å². The molecule has 0 aromatic carbocycles. The zero-order valence-corrected chi connectivity index (χ0v) is 12.8.